The molecule has 0 saturated heterocycles. The normalized spacial score (nSPS) is 24.3. The molecule has 0 spiro atoms. The molecule has 10 heteroatoms. The monoisotopic (exact) mass is 584 g/mol. The van der Waals surface area contributed by atoms with Crippen LogP contribution in [0.1, 0.15) is 77.7 Å². The summed E-state index contributed by atoms with van der Waals surface area (Å²) >= 11 is 7.74. The first-order valence-electron chi connectivity index (χ1n) is 13.5. The SMILES string of the molecule is Cc1cccc(Cl)c1-c1noc(C(C)C)c1COC1C[C@H]2CC[C@@H](C1)C2(O)c1nc2c(F)cc(C(=O)O)cc2s1. The molecular formula is C30H30ClFN2O5S. The van der Waals surface area contributed by atoms with Crippen LogP contribution < -0.4 is 0 Å². The van der Waals surface area contributed by atoms with Gasteiger partial charge in [0.1, 0.15) is 27.6 Å². The number of carboxylic acids is 1. The number of fused-ring (bicyclic) bond motifs is 3. The van der Waals surface area contributed by atoms with Crippen LogP contribution >= 0.6 is 22.9 Å². The molecule has 4 atom stereocenters. The average molecular weight is 585 g/mol. The molecule has 2 aromatic carbocycles. The molecule has 4 aromatic rings. The molecule has 2 aromatic heterocycles. The van der Waals surface area contributed by atoms with Gasteiger partial charge in [0.05, 0.1) is 28.0 Å². The van der Waals surface area contributed by atoms with Gasteiger partial charge in [-0.15, -0.1) is 11.3 Å². The van der Waals surface area contributed by atoms with Crippen molar-refractivity contribution in [1.29, 1.82) is 0 Å². The number of aromatic carboxylic acids is 1. The number of carboxylic acid groups (broad SMARTS) is 1. The number of benzene rings is 2. The molecule has 0 aliphatic heterocycles. The summed E-state index contributed by atoms with van der Waals surface area (Å²) < 4.78 is 27.4. The van der Waals surface area contributed by atoms with Crippen molar-refractivity contribution in [2.24, 2.45) is 11.8 Å². The lowest BCUT2D eigenvalue weighted by molar-refractivity contribution is -0.116. The van der Waals surface area contributed by atoms with E-state index in [9.17, 15) is 19.4 Å². The zero-order valence-corrected chi connectivity index (χ0v) is 24.0. The Bertz CT molecular complexity index is 1580. The number of aliphatic hydroxyl groups is 1. The number of rotatable bonds is 7. The largest absolute Gasteiger partial charge is 0.478 e. The summed E-state index contributed by atoms with van der Waals surface area (Å²) in [5, 5.41) is 26.7. The van der Waals surface area contributed by atoms with E-state index in [4.69, 9.17) is 20.9 Å². The van der Waals surface area contributed by atoms with E-state index >= 15 is 0 Å². The number of hydrogen-bond acceptors (Lipinski definition) is 7. The minimum atomic E-state index is -1.20. The lowest BCUT2D eigenvalue weighted by atomic mass is 9.73. The van der Waals surface area contributed by atoms with E-state index in [2.05, 4.69) is 24.0 Å². The van der Waals surface area contributed by atoms with E-state index < -0.39 is 17.4 Å². The van der Waals surface area contributed by atoms with Crippen LogP contribution in [-0.2, 0) is 16.9 Å². The van der Waals surface area contributed by atoms with Crippen molar-refractivity contribution in [2.75, 3.05) is 0 Å². The number of hydrogen-bond donors (Lipinski definition) is 2. The second kappa shape index (κ2) is 10.2. The van der Waals surface area contributed by atoms with E-state index in [1.165, 1.54) is 17.4 Å². The first-order chi connectivity index (χ1) is 19.1. The van der Waals surface area contributed by atoms with Crippen LogP contribution in [0.25, 0.3) is 21.5 Å². The molecule has 2 fully saturated rings. The molecule has 2 unspecified atom stereocenters. The van der Waals surface area contributed by atoms with E-state index in [1.807, 2.05) is 25.1 Å². The quantitative estimate of drug-likeness (QED) is 0.232. The van der Waals surface area contributed by atoms with Gasteiger partial charge < -0.3 is 19.5 Å². The molecule has 2 N–H and O–H groups in total. The van der Waals surface area contributed by atoms with Crippen LogP contribution in [0.2, 0.25) is 5.02 Å². The third-order valence-corrected chi connectivity index (χ3v) is 9.96. The van der Waals surface area contributed by atoms with E-state index in [1.54, 1.807) is 0 Å². The van der Waals surface area contributed by atoms with E-state index in [0.717, 1.165) is 41.4 Å². The highest BCUT2D eigenvalue weighted by atomic mass is 35.5. The summed E-state index contributed by atoms with van der Waals surface area (Å²) in [4.78, 5) is 15.9. The Kier molecular flexibility index (Phi) is 6.97. The topological polar surface area (TPSA) is 106 Å². The van der Waals surface area contributed by atoms with Gasteiger partial charge in [-0.3, -0.25) is 0 Å². The number of aromatic nitrogens is 2. The number of carbonyl (C=O) groups is 1. The lowest BCUT2D eigenvalue weighted by Gasteiger charge is -2.41. The van der Waals surface area contributed by atoms with Gasteiger partial charge >= 0.3 is 5.97 Å². The van der Waals surface area contributed by atoms with Crippen LogP contribution in [0.5, 0.6) is 0 Å². The van der Waals surface area contributed by atoms with Crippen molar-refractivity contribution in [3.8, 4) is 11.3 Å². The Labute approximate surface area is 239 Å². The lowest BCUT2D eigenvalue weighted by Crippen LogP contribution is -2.44. The summed E-state index contributed by atoms with van der Waals surface area (Å²) in [6.45, 7) is 6.40. The Hall–Kier alpha value is -2.85. The second-order valence-corrected chi connectivity index (χ2v) is 12.7. The molecule has 0 amide bonds. The molecule has 40 heavy (non-hydrogen) atoms. The van der Waals surface area contributed by atoms with E-state index in [0.29, 0.717) is 39.9 Å². The number of ether oxygens (including phenoxy) is 1. The van der Waals surface area contributed by atoms with Gasteiger partial charge in [0, 0.05) is 17.0 Å². The Balaban J connectivity index is 1.25. The van der Waals surface area contributed by atoms with Crippen LogP contribution in [0.15, 0.2) is 34.9 Å². The summed E-state index contributed by atoms with van der Waals surface area (Å²) in [5.41, 5.74) is 2.20. The highest BCUT2D eigenvalue weighted by Crippen LogP contribution is 2.57. The first kappa shape index (κ1) is 27.3. The third-order valence-electron chi connectivity index (χ3n) is 8.51. The maximum Gasteiger partial charge on any atom is 0.335 e. The fourth-order valence-electron chi connectivity index (χ4n) is 6.52. The van der Waals surface area contributed by atoms with Crippen molar-refractivity contribution in [1.82, 2.24) is 10.1 Å². The molecule has 2 bridgehead atoms. The van der Waals surface area contributed by atoms with Crippen molar-refractivity contribution in [2.45, 2.75) is 70.7 Å². The zero-order chi connectivity index (χ0) is 28.3. The maximum atomic E-state index is 14.7. The van der Waals surface area contributed by atoms with Crippen molar-refractivity contribution >= 4 is 39.1 Å². The van der Waals surface area contributed by atoms with Crippen LogP contribution in [0.4, 0.5) is 4.39 Å². The molecule has 210 valence electrons. The Morgan fingerprint density at radius 3 is 2.65 bits per heavy atom. The summed E-state index contributed by atoms with van der Waals surface area (Å²) in [5.74, 6) is -1.22. The fourth-order valence-corrected chi connectivity index (χ4v) is 8.09. The minimum absolute atomic E-state index is 0.0855. The second-order valence-electron chi connectivity index (χ2n) is 11.3. The van der Waals surface area contributed by atoms with Crippen molar-refractivity contribution in [3.05, 3.63) is 68.6 Å². The van der Waals surface area contributed by atoms with Gasteiger partial charge in [-0.25, -0.2) is 14.2 Å². The molecule has 2 heterocycles. The molecule has 2 aliphatic carbocycles. The van der Waals surface area contributed by atoms with Crippen molar-refractivity contribution in [3.63, 3.8) is 0 Å². The minimum Gasteiger partial charge on any atom is -0.478 e. The number of aryl methyl sites for hydroxylation is 1. The smallest absolute Gasteiger partial charge is 0.335 e. The highest BCUT2D eigenvalue weighted by Gasteiger charge is 2.56. The van der Waals surface area contributed by atoms with Crippen LogP contribution in [0, 0.1) is 24.6 Å². The van der Waals surface area contributed by atoms with E-state index in [-0.39, 0.29) is 34.9 Å². The van der Waals surface area contributed by atoms with Crippen molar-refractivity contribution < 1.29 is 28.7 Å². The average Bonchev–Trinajstić information content (AvgIpc) is 3.55. The summed E-state index contributed by atoms with van der Waals surface area (Å²) in [7, 11) is 0. The van der Waals surface area contributed by atoms with Crippen LogP contribution in [0.3, 0.4) is 0 Å². The number of halogens is 2. The first-order valence-corrected chi connectivity index (χ1v) is 14.7. The van der Waals surface area contributed by atoms with Gasteiger partial charge in [0.15, 0.2) is 5.82 Å². The summed E-state index contributed by atoms with van der Waals surface area (Å²) in [6, 6.07) is 8.14. The molecule has 7 nitrogen and oxygen atoms in total. The number of thiazole rings is 1. The van der Waals surface area contributed by atoms with Gasteiger partial charge in [0.2, 0.25) is 0 Å². The Morgan fingerprint density at radius 2 is 2.00 bits per heavy atom. The van der Waals surface area contributed by atoms with Crippen LogP contribution in [-0.4, -0.2) is 32.4 Å². The van der Waals surface area contributed by atoms with Gasteiger partial charge in [-0.05, 0) is 68.2 Å². The molecule has 2 aliphatic rings. The van der Waals surface area contributed by atoms with Gasteiger partial charge in [-0.1, -0.05) is 42.7 Å². The molecule has 6 rings (SSSR count). The molecule has 2 saturated carbocycles. The summed E-state index contributed by atoms with van der Waals surface area (Å²) in [6.07, 6.45) is 2.81. The number of nitrogens with zero attached hydrogens (tertiary/aromatic N) is 2. The highest BCUT2D eigenvalue weighted by molar-refractivity contribution is 7.18. The Morgan fingerprint density at radius 1 is 1.27 bits per heavy atom. The van der Waals surface area contributed by atoms with Gasteiger partial charge in [-0.2, -0.15) is 0 Å². The fraction of sp³-hybridized carbons (Fsp3) is 0.433. The molecule has 0 radical (unpaired) electrons. The standard InChI is InChI=1S/C30H30ClFN2O5S/c1-14(2)27-20(25(34-39-27)24-15(3)5-4-6-21(24)31)13-38-19-11-17-7-8-18(12-19)30(17,37)29-33-26-22(32)9-16(28(35)36)10-23(26)40-29/h4-6,9-10,14,17-19,37H,7-8,11-13H2,1-3H3,(H,35,36)/t17-,18+,19?,30?. The third kappa shape index (κ3) is 4.43. The predicted molar refractivity (Wildman–Crippen MR) is 150 cm³/mol. The maximum absolute atomic E-state index is 14.7. The zero-order valence-electron chi connectivity index (χ0n) is 22.4. The molecular weight excluding hydrogens is 555 g/mol. The van der Waals surface area contributed by atoms with Gasteiger partial charge in [0.25, 0.3) is 0 Å². The predicted octanol–water partition coefficient (Wildman–Crippen LogP) is 7.47.